The van der Waals surface area contributed by atoms with Crippen molar-refractivity contribution in [1.82, 2.24) is 0 Å². The van der Waals surface area contributed by atoms with Crippen LogP contribution in [0.5, 0.6) is 11.5 Å². The van der Waals surface area contributed by atoms with Crippen LogP contribution in [0.1, 0.15) is 25.8 Å². The van der Waals surface area contributed by atoms with Crippen molar-refractivity contribution in [3.05, 3.63) is 60.2 Å². The summed E-state index contributed by atoms with van der Waals surface area (Å²) in [7, 11) is 0. The van der Waals surface area contributed by atoms with Crippen molar-refractivity contribution in [1.29, 1.82) is 10.8 Å². The molecule has 0 saturated heterocycles. The average molecular weight is 450 g/mol. The summed E-state index contributed by atoms with van der Waals surface area (Å²) in [5.74, 6) is 1.16. The summed E-state index contributed by atoms with van der Waals surface area (Å²) in [5.41, 5.74) is 7.83. The zero-order chi connectivity index (χ0) is 22.8. The molecule has 6 nitrogen and oxygen atoms in total. The predicted octanol–water partition coefficient (Wildman–Crippen LogP) is 5.15. The summed E-state index contributed by atoms with van der Waals surface area (Å²) >= 11 is 6.70. The van der Waals surface area contributed by atoms with Gasteiger partial charge in [-0.25, -0.2) is 0 Å². The highest BCUT2D eigenvalue weighted by atomic mass is 35.5. The minimum Gasteiger partial charge on any atom is -0.457 e. The number of ether oxygens (including phenoxy) is 1. The number of benzene rings is 2. The van der Waals surface area contributed by atoms with E-state index in [0.29, 0.717) is 29.0 Å². The maximum atomic E-state index is 8.90. The molecule has 0 aromatic heterocycles. The number of nitrogens with two attached hydrogens (primary N) is 1. The largest absolute Gasteiger partial charge is 0.457 e. The van der Waals surface area contributed by atoms with Crippen molar-refractivity contribution in [3.8, 4) is 11.5 Å². The van der Waals surface area contributed by atoms with Crippen LogP contribution >= 0.6 is 11.6 Å². The molecule has 0 bridgehead atoms. The number of amidine groups is 1. The molecule has 166 valence electrons. The van der Waals surface area contributed by atoms with Crippen LogP contribution in [0.3, 0.4) is 0 Å². The molecule has 32 heavy (non-hydrogen) atoms. The van der Waals surface area contributed by atoms with Gasteiger partial charge in [-0.2, -0.15) is 0 Å². The van der Waals surface area contributed by atoms with Crippen molar-refractivity contribution < 1.29 is 4.74 Å². The number of hydrogen-bond acceptors (Lipinski definition) is 5. The number of para-hydroxylation sites is 1. The minimum absolute atomic E-state index is 0.107. The maximum Gasteiger partial charge on any atom is 0.137 e. The molecule has 0 spiro atoms. The maximum absolute atomic E-state index is 8.90. The third-order valence-corrected chi connectivity index (χ3v) is 6.69. The van der Waals surface area contributed by atoms with Crippen LogP contribution in [0.4, 0.5) is 0 Å². The molecule has 2 aromatic rings. The Kier molecular flexibility index (Phi) is 6.42. The summed E-state index contributed by atoms with van der Waals surface area (Å²) < 4.78 is 5.86. The summed E-state index contributed by atoms with van der Waals surface area (Å²) in [6.45, 7) is 5.12. The van der Waals surface area contributed by atoms with E-state index in [1.807, 2.05) is 54.6 Å². The van der Waals surface area contributed by atoms with E-state index in [9.17, 15) is 0 Å². The van der Waals surface area contributed by atoms with Crippen molar-refractivity contribution in [2.45, 2.75) is 25.8 Å². The van der Waals surface area contributed by atoms with Crippen LogP contribution in [0.15, 0.2) is 64.6 Å². The standard InChI is InChI=1S/C25H28ClN5O/c1-14-12-19(30-13-15(14)2)20-22(27)21(25(28)29)23(31-24(20)26)16-8-10-18(11-9-16)32-17-6-4-3-5-7-17/h3-11,14-15,20-21,24,27H,12-13H2,1-2H3,(H3,28,29). The molecule has 0 radical (unpaired) electrons. The molecule has 2 heterocycles. The molecule has 0 saturated carbocycles. The Hall–Kier alpha value is -2.99. The average Bonchev–Trinajstić information content (AvgIpc) is 2.77. The summed E-state index contributed by atoms with van der Waals surface area (Å²) in [6.07, 6.45) is 0.790. The molecule has 2 aliphatic heterocycles. The molecule has 7 heteroatoms. The van der Waals surface area contributed by atoms with Gasteiger partial charge >= 0.3 is 0 Å². The van der Waals surface area contributed by atoms with Gasteiger partial charge in [0.25, 0.3) is 0 Å². The number of hydrogen-bond donors (Lipinski definition) is 3. The minimum atomic E-state index is -0.715. The van der Waals surface area contributed by atoms with Crippen molar-refractivity contribution in [2.24, 2.45) is 39.4 Å². The first-order valence-corrected chi connectivity index (χ1v) is 11.3. The lowest BCUT2D eigenvalue weighted by atomic mass is 9.76. The van der Waals surface area contributed by atoms with E-state index in [0.717, 1.165) is 30.0 Å². The highest BCUT2D eigenvalue weighted by Crippen LogP contribution is 2.34. The lowest BCUT2D eigenvalue weighted by Gasteiger charge is -2.36. The van der Waals surface area contributed by atoms with E-state index in [4.69, 9.17) is 42.9 Å². The highest BCUT2D eigenvalue weighted by Gasteiger charge is 2.42. The number of nitrogens with zero attached hydrogens (tertiary/aromatic N) is 2. The van der Waals surface area contributed by atoms with Crippen molar-refractivity contribution in [2.75, 3.05) is 6.54 Å². The number of halogens is 1. The SMILES string of the molecule is CC1CN=C(C2C(=N)C(C(=N)N)C(c3ccc(Oc4ccccc4)cc3)=NC2Cl)CC1C. The topological polar surface area (TPSA) is 108 Å². The number of aliphatic imine (C=N–C) groups is 2. The number of alkyl halides is 1. The molecule has 5 atom stereocenters. The van der Waals surface area contributed by atoms with Gasteiger partial charge in [-0.3, -0.25) is 15.4 Å². The second kappa shape index (κ2) is 9.25. The monoisotopic (exact) mass is 449 g/mol. The Bertz CT molecular complexity index is 1060. The van der Waals surface area contributed by atoms with E-state index >= 15 is 0 Å². The van der Waals surface area contributed by atoms with Gasteiger partial charge in [0.2, 0.25) is 0 Å². The molecular formula is C25H28ClN5O. The van der Waals surface area contributed by atoms with Crippen molar-refractivity contribution in [3.63, 3.8) is 0 Å². The third kappa shape index (κ3) is 4.46. The van der Waals surface area contributed by atoms with Crippen LogP contribution in [0.25, 0.3) is 0 Å². The third-order valence-electron chi connectivity index (χ3n) is 6.34. The summed E-state index contributed by atoms with van der Waals surface area (Å²) in [6, 6.07) is 17.0. The second-order valence-corrected chi connectivity index (χ2v) is 9.09. The lowest BCUT2D eigenvalue weighted by Crippen LogP contribution is -2.49. The molecule has 5 unspecified atom stereocenters. The van der Waals surface area contributed by atoms with E-state index in [1.165, 1.54) is 0 Å². The molecule has 4 N–H and O–H groups in total. The van der Waals surface area contributed by atoms with E-state index in [2.05, 4.69) is 13.8 Å². The fourth-order valence-electron chi connectivity index (χ4n) is 4.23. The first-order valence-electron chi connectivity index (χ1n) is 10.9. The van der Waals surface area contributed by atoms with Gasteiger partial charge < -0.3 is 15.9 Å². The van der Waals surface area contributed by atoms with Crippen LogP contribution in [0, 0.1) is 34.5 Å². The molecule has 0 amide bonds. The van der Waals surface area contributed by atoms with Gasteiger partial charge in [0.1, 0.15) is 22.8 Å². The first-order chi connectivity index (χ1) is 15.3. The Balaban J connectivity index is 1.62. The Morgan fingerprint density at radius 2 is 1.69 bits per heavy atom. The van der Waals surface area contributed by atoms with E-state index in [1.54, 1.807) is 0 Å². The Labute approximate surface area is 193 Å². The smallest absolute Gasteiger partial charge is 0.137 e. The fourth-order valence-corrected chi connectivity index (χ4v) is 4.62. The van der Waals surface area contributed by atoms with Gasteiger partial charge in [-0.15, -0.1) is 0 Å². The molecular weight excluding hydrogens is 422 g/mol. The van der Waals surface area contributed by atoms with Gasteiger partial charge in [0.05, 0.1) is 17.5 Å². The van der Waals surface area contributed by atoms with Crippen molar-refractivity contribution >= 4 is 34.6 Å². The first kappa shape index (κ1) is 22.2. The molecule has 0 fully saturated rings. The van der Waals surface area contributed by atoms with Crippen LogP contribution < -0.4 is 10.5 Å². The van der Waals surface area contributed by atoms with Gasteiger partial charge in [-0.1, -0.05) is 43.6 Å². The van der Waals surface area contributed by atoms with Crippen LogP contribution in [0.2, 0.25) is 0 Å². The Morgan fingerprint density at radius 3 is 2.31 bits per heavy atom. The fraction of sp³-hybridized carbons (Fsp3) is 0.360. The summed E-state index contributed by atoms with van der Waals surface area (Å²) in [5, 5.41) is 17.1. The highest BCUT2D eigenvalue weighted by molar-refractivity contribution is 6.36. The van der Waals surface area contributed by atoms with E-state index in [-0.39, 0.29) is 5.84 Å². The molecule has 0 aliphatic carbocycles. The lowest BCUT2D eigenvalue weighted by molar-refractivity contribution is 0.387. The number of nitrogens with one attached hydrogen (secondary N) is 2. The van der Waals surface area contributed by atoms with Gasteiger partial charge in [-0.05, 0) is 60.2 Å². The van der Waals surface area contributed by atoms with Crippen LogP contribution in [-0.2, 0) is 0 Å². The molecule has 4 rings (SSSR count). The Morgan fingerprint density at radius 1 is 1.03 bits per heavy atom. The van der Waals surface area contributed by atoms with Gasteiger partial charge in [0, 0.05) is 18.0 Å². The normalized spacial score (nSPS) is 28.0. The molecule has 2 aliphatic rings. The van der Waals surface area contributed by atoms with Crippen LogP contribution in [-0.4, -0.2) is 35.0 Å². The molecule has 2 aromatic carbocycles. The second-order valence-electron chi connectivity index (χ2n) is 8.64. The number of rotatable bonds is 5. The zero-order valence-electron chi connectivity index (χ0n) is 18.3. The summed E-state index contributed by atoms with van der Waals surface area (Å²) in [4.78, 5) is 9.44. The quantitative estimate of drug-likeness (QED) is 0.254. The van der Waals surface area contributed by atoms with Gasteiger partial charge in [0.15, 0.2) is 0 Å². The predicted molar refractivity (Wildman–Crippen MR) is 131 cm³/mol. The van der Waals surface area contributed by atoms with E-state index < -0.39 is 17.3 Å². The zero-order valence-corrected chi connectivity index (χ0v) is 19.0.